The molecule has 0 unspecified atom stereocenters. The Hall–Kier alpha value is -0.0800. The Morgan fingerprint density at radius 1 is 1.50 bits per heavy atom. The van der Waals surface area contributed by atoms with Crippen molar-refractivity contribution in [1.82, 2.24) is 4.90 Å². The molecule has 2 N–H and O–H groups in total. The van der Waals surface area contributed by atoms with Crippen molar-refractivity contribution < 1.29 is 0 Å². The van der Waals surface area contributed by atoms with Crippen molar-refractivity contribution in [3.63, 3.8) is 0 Å². The third-order valence-electron chi connectivity index (χ3n) is 3.41. The van der Waals surface area contributed by atoms with Crippen molar-refractivity contribution in [2.45, 2.75) is 25.4 Å². The lowest BCUT2D eigenvalue weighted by molar-refractivity contribution is 0.240. The van der Waals surface area contributed by atoms with Crippen molar-refractivity contribution >= 4 is 0 Å². The summed E-state index contributed by atoms with van der Waals surface area (Å²) in [6.07, 6.45) is 1.22. The number of rotatable bonds is 0. The van der Waals surface area contributed by atoms with Gasteiger partial charge in [0, 0.05) is 18.6 Å². The maximum Gasteiger partial charge on any atom is 0.0136 e. The monoisotopic (exact) mass is 140 g/mol. The Balaban J connectivity index is 2.17. The molecule has 2 fully saturated rings. The van der Waals surface area contributed by atoms with Crippen LogP contribution in [0.2, 0.25) is 0 Å². The lowest BCUT2D eigenvalue weighted by Gasteiger charge is -2.25. The summed E-state index contributed by atoms with van der Waals surface area (Å²) in [6, 6.07) is 1.29. The largest absolute Gasteiger partial charge is 0.327 e. The van der Waals surface area contributed by atoms with Crippen LogP contribution in [0.25, 0.3) is 0 Å². The molecular formula is C8H16N2. The van der Waals surface area contributed by atoms with Gasteiger partial charge in [-0.3, -0.25) is 0 Å². The Morgan fingerprint density at radius 2 is 2.20 bits per heavy atom. The number of nitrogens with zero attached hydrogens (tertiary/aromatic N) is 1. The van der Waals surface area contributed by atoms with Gasteiger partial charge in [-0.15, -0.1) is 0 Å². The topological polar surface area (TPSA) is 29.3 Å². The van der Waals surface area contributed by atoms with Crippen LogP contribution in [-0.4, -0.2) is 30.6 Å². The molecule has 2 rings (SSSR count). The third kappa shape index (κ3) is 0.663. The normalized spacial score (nSPS) is 54.3. The number of likely N-dealkylation sites (tertiary alicyclic amines) is 1. The Labute approximate surface area is 62.4 Å². The van der Waals surface area contributed by atoms with Gasteiger partial charge in [0.15, 0.2) is 0 Å². The molecule has 0 aromatic carbocycles. The molecule has 4 atom stereocenters. The molecule has 10 heavy (non-hydrogen) atoms. The smallest absolute Gasteiger partial charge is 0.0136 e. The molecule has 2 nitrogen and oxygen atoms in total. The average Bonchev–Trinajstić information content (AvgIpc) is 2.26. The van der Waals surface area contributed by atoms with Gasteiger partial charge < -0.3 is 10.6 Å². The minimum atomic E-state index is 0.496. The summed E-state index contributed by atoms with van der Waals surface area (Å²) in [4.78, 5) is 2.46. The number of hydrogen-bond donors (Lipinski definition) is 1. The van der Waals surface area contributed by atoms with E-state index in [1.165, 1.54) is 13.0 Å². The molecule has 0 aromatic heterocycles. The van der Waals surface area contributed by atoms with Gasteiger partial charge in [0.25, 0.3) is 0 Å². The maximum atomic E-state index is 5.95. The second-order valence-electron chi connectivity index (χ2n) is 3.93. The van der Waals surface area contributed by atoms with E-state index in [4.69, 9.17) is 5.73 Å². The Kier molecular flexibility index (Phi) is 1.29. The van der Waals surface area contributed by atoms with Crippen LogP contribution < -0.4 is 5.73 Å². The van der Waals surface area contributed by atoms with Crippen molar-refractivity contribution in [3.05, 3.63) is 0 Å². The number of piperidine rings is 1. The molecule has 1 saturated heterocycles. The third-order valence-corrected chi connectivity index (χ3v) is 3.41. The van der Waals surface area contributed by atoms with Crippen LogP contribution in [0.4, 0.5) is 0 Å². The molecule has 1 aliphatic carbocycles. The summed E-state index contributed by atoms with van der Waals surface area (Å²) in [5.74, 6) is 1.63. The minimum Gasteiger partial charge on any atom is -0.327 e. The molecule has 1 aliphatic heterocycles. The second-order valence-corrected chi connectivity index (χ2v) is 3.93. The summed E-state index contributed by atoms with van der Waals surface area (Å²) >= 11 is 0. The Morgan fingerprint density at radius 3 is 2.50 bits per heavy atom. The average molecular weight is 140 g/mol. The van der Waals surface area contributed by atoms with Crippen LogP contribution in [0.5, 0.6) is 0 Å². The van der Waals surface area contributed by atoms with Crippen molar-refractivity contribution in [3.8, 4) is 0 Å². The van der Waals surface area contributed by atoms with E-state index in [0.29, 0.717) is 6.04 Å². The van der Waals surface area contributed by atoms with E-state index < -0.39 is 0 Å². The van der Waals surface area contributed by atoms with Crippen LogP contribution in [0.1, 0.15) is 13.3 Å². The molecule has 2 heteroatoms. The van der Waals surface area contributed by atoms with E-state index in [2.05, 4.69) is 18.9 Å². The molecule has 2 bridgehead atoms. The molecule has 1 saturated carbocycles. The second kappa shape index (κ2) is 1.95. The van der Waals surface area contributed by atoms with Crippen molar-refractivity contribution in [2.24, 2.45) is 17.6 Å². The lowest BCUT2D eigenvalue weighted by Crippen LogP contribution is -2.38. The van der Waals surface area contributed by atoms with Crippen LogP contribution in [0.15, 0.2) is 0 Å². The molecule has 0 spiro atoms. The summed E-state index contributed by atoms with van der Waals surface area (Å²) < 4.78 is 0. The molecule has 0 radical (unpaired) electrons. The highest BCUT2D eigenvalue weighted by Crippen LogP contribution is 2.40. The zero-order valence-electron chi connectivity index (χ0n) is 6.75. The summed E-state index contributed by atoms with van der Waals surface area (Å²) in [6.45, 7) is 3.57. The van der Waals surface area contributed by atoms with E-state index >= 15 is 0 Å². The van der Waals surface area contributed by atoms with Gasteiger partial charge in [0.2, 0.25) is 0 Å². The van der Waals surface area contributed by atoms with Gasteiger partial charge in [-0.25, -0.2) is 0 Å². The first-order chi connectivity index (χ1) is 4.70. The van der Waals surface area contributed by atoms with Crippen LogP contribution in [0.3, 0.4) is 0 Å². The predicted molar refractivity (Wildman–Crippen MR) is 41.7 cm³/mol. The van der Waals surface area contributed by atoms with Crippen LogP contribution in [-0.2, 0) is 0 Å². The van der Waals surface area contributed by atoms with Gasteiger partial charge in [0.05, 0.1) is 0 Å². The number of fused-ring (bicyclic) bond motifs is 2. The fourth-order valence-corrected chi connectivity index (χ4v) is 2.69. The highest BCUT2D eigenvalue weighted by molar-refractivity contribution is 5.02. The standard InChI is InChI=1S/C8H16N2/c1-5-6-4-10(2)8(5)3-7(6)9/h5-8H,3-4,9H2,1-2H3/t5-,6-,7+,8-/m0/s1. The maximum absolute atomic E-state index is 5.95. The van der Waals surface area contributed by atoms with E-state index in [-0.39, 0.29) is 0 Å². The highest BCUT2D eigenvalue weighted by Gasteiger charge is 2.46. The molecule has 0 aromatic rings. The minimum absolute atomic E-state index is 0.496. The summed E-state index contributed by atoms with van der Waals surface area (Å²) in [5.41, 5.74) is 5.95. The lowest BCUT2D eigenvalue weighted by atomic mass is 9.98. The van der Waals surface area contributed by atoms with E-state index in [1.54, 1.807) is 0 Å². The SMILES string of the molecule is C[C@H]1[C@@H]2CN(C)[C@H]1C[C@H]2N. The molecular weight excluding hydrogens is 124 g/mol. The first-order valence-corrected chi connectivity index (χ1v) is 4.16. The van der Waals surface area contributed by atoms with Gasteiger partial charge in [0.1, 0.15) is 0 Å². The van der Waals surface area contributed by atoms with Gasteiger partial charge in [-0.1, -0.05) is 6.92 Å². The van der Waals surface area contributed by atoms with E-state index in [0.717, 1.165) is 17.9 Å². The fourth-order valence-electron chi connectivity index (χ4n) is 2.69. The van der Waals surface area contributed by atoms with Crippen LogP contribution in [0, 0.1) is 11.8 Å². The first-order valence-electron chi connectivity index (χ1n) is 4.16. The van der Waals surface area contributed by atoms with Gasteiger partial charge in [-0.05, 0) is 25.3 Å². The summed E-state index contributed by atoms with van der Waals surface area (Å²) in [7, 11) is 2.22. The molecule has 58 valence electrons. The van der Waals surface area contributed by atoms with Crippen molar-refractivity contribution in [2.75, 3.05) is 13.6 Å². The zero-order chi connectivity index (χ0) is 7.30. The van der Waals surface area contributed by atoms with Crippen LogP contribution >= 0.6 is 0 Å². The highest BCUT2D eigenvalue weighted by atomic mass is 15.2. The molecule has 2 aliphatic rings. The van der Waals surface area contributed by atoms with Gasteiger partial charge in [-0.2, -0.15) is 0 Å². The zero-order valence-corrected chi connectivity index (χ0v) is 6.75. The first kappa shape index (κ1) is 6.62. The van der Waals surface area contributed by atoms with Gasteiger partial charge >= 0.3 is 0 Å². The number of nitrogens with two attached hydrogens (primary N) is 1. The van der Waals surface area contributed by atoms with E-state index in [9.17, 15) is 0 Å². The summed E-state index contributed by atoms with van der Waals surface area (Å²) in [5, 5.41) is 0. The number of hydrogen-bond acceptors (Lipinski definition) is 2. The Bertz CT molecular complexity index is 130. The fraction of sp³-hybridized carbons (Fsp3) is 1.00. The molecule has 0 amide bonds. The van der Waals surface area contributed by atoms with Crippen molar-refractivity contribution in [1.29, 1.82) is 0 Å². The predicted octanol–water partition coefficient (Wildman–Crippen LogP) is 0.284. The van der Waals surface area contributed by atoms with E-state index in [1.807, 2.05) is 0 Å². The molecule has 1 heterocycles. The quantitative estimate of drug-likeness (QED) is 0.524.